The Morgan fingerprint density at radius 1 is 0.452 bits per heavy atom. The minimum Gasteiger partial charge on any atom is -0.297 e. The highest BCUT2D eigenvalue weighted by molar-refractivity contribution is 5.85. The number of carbonyl (C=O) groups is 1. The Morgan fingerprint density at radius 3 is 1.00 bits per heavy atom. The van der Waals surface area contributed by atoms with Crippen molar-refractivity contribution in [3.63, 3.8) is 0 Å². The van der Waals surface area contributed by atoms with Crippen LogP contribution < -0.4 is 0 Å². The van der Waals surface area contributed by atoms with E-state index in [1.54, 1.807) is 0 Å². The Kier molecular flexibility index (Phi) is 4.45. The van der Waals surface area contributed by atoms with Gasteiger partial charge in [0.2, 0.25) is 0 Å². The van der Waals surface area contributed by atoms with Crippen molar-refractivity contribution >= 4 is 5.97 Å². The van der Waals surface area contributed by atoms with Crippen LogP contribution in [0.2, 0.25) is 0 Å². The highest BCUT2D eigenvalue weighted by atomic mass is 19.4. The molecule has 0 amide bonds. The second-order valence-electron chi connectivity index (χ2n) is 6.37. The molecule has 31 heavy (non-hydrogen) atoms. The maximum atomic E-state index is 14.8. The van der Waals surface area contributed by atoms with E-state index in [2.05, 4.69) is 0 Å². The number of alkyl halides is 17. The summed E-state index contributed by atoms with van der Waals surface area (Å²) in [5.41, 5.74) is -25.4. The van der Waals surface area contributed by atoms with Gasteiger partial charge in [-0.3, -0.25) is 4.89 Å². The standard InChI is InChI=1S/C11HF17O3/c12-2(1(29)31-30)3(13)4(14,7(19,20)9(23,24)5(2,15)16)8(21,22)11(27,28)10(25,26)6(3,17)18/h30H. The molecule has 3 atom stereocenters. The van der Waals surface area contributed by atoms with E-state index >= 15 is 0 Å². The van der Waals surface area contributed by atoms with Gasteiger partial charge in [-0.25, -0.2) is 18.0 Å². The quantitative estimate of drug-likeness (QED) is 0.323. The van der Waals surface area contributed by atoms with Gasteiger partial charge in [0.25, 0.3) is 11.3 Å². The van der Waals surface area contributed by atoms with Crippen LogP contribution in [0.3, 0.4) is 0 Å². The molecule has 1 N–H and O–H groups in total. The van der Waals surface area contributed by atoms with Gasteiger partial charge >= 0.3 is 53.1 Å². The van der Waals surface area contributed by atoms with Crippen molar-refractivity contribution in [3.8, 4) is 0 Å². The van der Waals surface area contributed by atoms with Crippen LogP contribution in [0, 0.1) is 0 Å². The number of fused-ring (bicyclic) bond motifs is 1. The molecule has 0 aromatic rings. The molecular weight excluding hydrogens is 503 g/mol. The molecule has 2 aliphatic carbocycles. The smallest absolute Gasteiger partial charge is 0.297 e. The molecule has 2 aliphatic rings. The molecular formula is C11HF17O3. The van der Waals surface area contributed by atoms with E-state index in [0.717, 1.165) is 0 Å². The van der Waals surface area contributed by atoms with Crippen LogP contribution in [0.25, 0.3) is 0 Å². The van der Waals surface area contributed by atoms with Crippen LogP contribution >= 0.6 is 0 Å². The minimum atomic E-state index is -8.70. The van der Waals surface area contributed by atoms with Crippen molar-refractivity contribution < 1.29 is 89.6 Å². The van der Waals surface area contributed by atoms with Gasteiger partial charge in [-0.1, -0.05) is 0 Å². The van der Waals surface area contributed by atoms with Crippen LogP contribution in [0.15, 0.2) is 0 Å². The Morgan fingerprint density at radius 2 is 0.710 bits per heavy atom. The molecule has 20 heteroatoms. The topological polar surface area (TPSA) is 46.5 Å². The van der Waals surface area contributed by atoms with E-state index in [1.165, 1.54) is 0 Å². The molecule has 0 heterocycles. The zero-order chi connectivity index (χ0) is 25.3. The molecule has 0 aromatic carbocycles. The van der Waals surface area contributed by atoms with Crippen LogP contribution in [-0.4, -0.2) is 69.7 Å². The fraction of sp³-hybridized carbons (Fsp3) is 0.909. The van der Waals surface area contributed by atoms with Gasteiger partial charge in [0, 0.05) is 0 Å². The molecule has 182 valence electrons. The first-order valence-electron chi connectivity index (χ1n) is 6.80. The van der Waals surface area contributed by atoms with Crippen molar-refractivity contribution in [3.05, 3.63) is 0 Å². The summed E-state index contributed by atoms with van der Waals surface area (Å²) in [6.07, 6.45) is 0. The van der Waals surface area contributed by atoms with Gasteiger partial charge in [-0.05, 0) is 0 Å². The zero-order valence-corrected chi connectivity index (χ0v) is 13.2. The lowest BCUT2D eigenvalue weighted by Crippen LogP contribution is -3.00. The van der Waals surface area contributed by atoms with Crippen molar-refractivity contribution in [2.75, 3.05) is 0 Å². The number of rotatable bonds is 1. The summed E-state index contributed by atoms with van der Waals surface area (Å²) >= 11 is 0. The summed E-state index contributed by atoms with van der Waals surface area (Å²) < 4.78 is 235. The molecule has 2 rings (SSSR count). The molecule has 0 radical (unpaired) electrons. The molecule has 0 aromatic heterocycles. The van der Waals surface area contributed by atoms with Crippen LogP contribution in [-0.2, 0) is 9.68 Å². The summed E-state index contributed by atoms with van der Waals surface area (Å²) in [4.78, 5) is 12.8. The third-order valence-electron chi connectivity index (χ3n) is 5.02. The van der Waals surface area contributed by atoms with Crippen LogP contribution in [0.5, 0.6) is 0 Å². The minimum absolute atomic E-state index is 1.84. The van der Waals surface area contributed by atoms with E-state index in [9.17, 15) is 79.4 Å². The highest BCUT2D eigenvalue weighted by Gasteiger charge is 3.15. The van der Waals surface area contributed by atoms with Gasteiger partial charge < -0.3 is 0 Å². The second kappa shape index (κ2) is 5.41. The molecule has 2 saturated carbocycles. The van der Waals surface area contributed by atoms with Crippen molar-refractivity contribution in [1.29, 1.82) is 0 Å². The Labute approximate surface area is 155 Å². The molecule has 0 saturated heterocycles. The molecule has 0 spiro atoms. The Bertz CT molecular complexity index is 812. The third-order valence-corrected chi connectivity index (χ3v) is 5.02. The average molecular weight is 504 g/mol. The average Bonchev–Trinajstić information content (AvgIpc) is 2.61. The predicted octanol–water partition coefficient (Wildman–Crippen LogP) is 4.60. The van der Waals surface area contributed by atoms with Crippen molar-refractivity contribution in [2.45, 2.75) is 58.5 Å². The first-order chi connectivity index (χ1) is 13.2. The number of hydrogen-bond donors (Lipinski definition) is 1. The number of halogens is 17. The SMILES string of the molecule is O=C(OO)C1(F)C(F)(F)C(F)(F)C(F)(F)C2(F)C(F)(F)C(F)(F)C(F)(F)C(F)(F)C12F. The fourth-order valence-corrected chi connectivity index (χ4v) is 3.30. The first-order valence-corrected chi connectivity index (χ1v) is 6.80. The lowest BCUT2D eigenvalue weighted by atomic mass is 9.51. The lowest BCUT2D eigenvalue weighted by molar-refractivity contribution is -0.544. The normalized spacial score (nSPS) is 42.9. The zero-order valence-electron chi connectivity index (χ0n) is 13.2. The summed E-state index contributed by atoms with van der Waals surface area (Å²) in [5, 5.41) is 7.79. The molecule has 0 bridgehead atoms. The van der Waals surface area contributed by atoms with Crippen LogP contribution in [0.4, 0.5) is 74.6 Å². The van der Waals surface area contributed by atoms with Gasteiger partial charge in [-0.15, -0.1) is 0 Å². The molecule has 3 nitrogen and oxygen atoms in total. The second-order valence-corrected chi connectivity index (χ2v) is 6.37. The fourth-order valence-electron chi connectivity index (χ4n) is 3.30. The summed E-state index contributed by atoms with van der Waals surface area (Å²) in [5.74, 6) is -63.4. The van der Waals surface area contributed by atoms with E-state index in [-0.39, 0.29) is 0 Å². The van der Waals surface area contributed by atoms with Gasteiger partial charge in [0.05, 0.1) is 0 Å². The number of carbonyl (C=O) groups excluding carboxylic acids is 1. The summed E-state index contributed by atoms with van der Waals surface area (Å²) in [6.45, 7) is 0. The Hall–Kier alpha value is -1.76. The van der Waals surface area contributed by atoms with E-state index in [0.29, 0.717) is 0 Å². The monoisotopic (exact) mass is 504 g/mol. The first kappa shape index (κ1) is 25.5. The van der Waals surface area contributed by atoms with Crippen molar-refractivity contribution in [1.82, 2.24) is 0 Å². The van der Waals surface area contributed by atoms with Gasteiger partial charge in [0.15, 0.2) is 0 Å². The maximum absolute atomic E-state index is 14.8. The maximum Gasteiger partial charge on any atom is 0.389 e. The lowest BCUT2D eigenvalue weighted by Gasteiger charge is -2.64. The van der Waals surface area contributed by atoms with Gasteiger partial charge in [-0.2, -0.15) is 66.7 Å². The molecule has 3 unspecified atom stereocenters. The predicted molar refractivity (Wildman–Crippen MR) is 54.9 cm³/mol. The van der Waals surface area contributed by atoms with Crippen molar-refractivity contribution in [2.24, 2.45) is 0 Å². The Balaban J connectivity index is 3.34. The van der Waals surface area contributed by atoms with E-state index < -0.39 is 64.4 Å². The summed E-state index contributed by atoms with van der Waals surface area (Å²) in [6, 6.07) is 0. The third kappa shape index (κ3) is 1.76. The van der Waals surface area contributed by atoms with E-state index in [1.807, 2.05) is 4.89 Å². The molecule has 2 fully saturated rings. The van der Waals surface area contributed by atoms with E-state index in [4.69, 9.17) is 5.26 Å². The highest BCUT2D eigenvalue weighted by Crippen LogP contribution is 2.80. The van der Waals surface area contributed by atoms with Gasteiger partial charge in [0.1, 0.15) is 0 Å². The van der Waals surface area contributed by atoms with Crippen LogP contribution in [0.1, 0.15) is 0 Å². The number of hydrogen-bond acceptors (Lipinski definition) is 3. The largest absolute Gasteiger partial charge is 0.389 e. The summed E-state index contributed by atoms with van der Waals surface area (Å²) in [7, 11) is 0. The molecule has 0 aliphatic heterocycles.